The van der Waals surface area contributed by atoms with E-state index in [2.05, 4.69) is 0 Å². The summed E-state index contributed by atoms with van der Waals surface area (Å²) < 4.78 is 0. The third-order valence-electron chi connectivity index (χ3n) is 6.77. The van der Waals surface area contributed by atoms with Crippen LogP contribution < -0.4 is 0 Å². The van der Waals surface area contributed by atoms with Gasteiger partial charge in [-0.1, -0.05) is 12.8 Å². The maximum atomic E-state index is 12.7. The van der Waals surface area contributed by atoms with Crippen molar-refractivity contribution in [2.24, 2.45) is 35.5 Å². The van der Waals surface area contributed by atoms with Crippen molar-refractivity contribution in [2.75, 3.05) is 6.54 Å². The molecule has 0 aromatic carbocycles. The minimum Gasteiger partial charge on any atom is -0.481 e. The Bertz CT molecular complexity index is 531. The van der Waals surface area contributed by atoms with Crippen LogP contribution in [0.1, 0.15) is 38.5 Å². The van der Waals surface area contributed by atoms with E-state index in [0.717, 1.165) is 32.1 Å². The minimum atomic E-state index is -0.815. The summed E-state index contributed by atoms with van der Waals surface area (Å²) in [7, 11) is 0. The van der Waals surface area contributed by atoms with E-state index in [1.165, 1.54) is 4.90 Å². The third kappa shape index (κ3) is 2.07. The molecule has 0 radical (unpaired) electrons. The van der Waals surface area contributed by atoms with Gasteiger partial charge in [0.15, 0.2) is 0 Å². The second kappa shape index (κ2) is 5.30. The van der Waals surface area contributed by atoms with Gasteiger partial charge in [-0.2, -0.15) is 0 Å². The topological polar surface area (TPSA) is 94.9 Å². The number of carbonyl (C=O) groups excluding carboxylic acids is 2. The Balaban J connectivity index is 1.53. The monoisotopic (exact) mass is 321 g/mol. The molecule has 2 N–H and O–H groups in total. The molecule has 1 saturated heterocycles. The number of aliphatic carboxylic acids is 1. The zero-order chi connectivity index (χ0) is 16.3. The molecular weight excluding hydrogens is 298 g/mol. The van der Waals surface area contributed by atoms with Crippen LogP contribution >= 0.6 is 0 Å². The fraction of sp³-hybridized carbons (Fsp3) is 0.824. The number of amides is 2. The van der Waals surface area contributed by atoms with Crippen molar-refractivity contribution in [1.29, 1.82) is 0 Å². The van der Waals surface area contributed by atoms with Crippen molar-refractivity contribution in [1.82, 2.24) is 4.90 Å². The van der Waals surface area contributed by atoms with Gasteiger partial charge >= 0.3 is 5.97 Å². The molecule has 2 bridgehead atoms. The normalized spacial score (nSPS) is 45.6. The smallest absolute Gasteiger partial charge is 0.306 e. The number of likely N-dealkylation sites (tertiary alicyclic amines) is 1. The molecule has 4 aliphatic rings. The number of carbonyl (C=O) groups is 3. The SMILES string of the molecule is O=C(O)C1CCCCC1CN1C(=O)C2C(C1=O)[C@@H]1CC[C@H]2C1O. The van der Waals surface area contributed by atoms with Crippen LogP contribution in [0.3, 0.4) is 0 Å². The average Bonchev–Trinajstić information content (AvgIpc) is 3.12. The van der Waals surface area contributed by atoms with Crippen molar-refractivity contribution < 1.29 is 24.6 Å². The summed E-state index contributed by atoms with van der Waals surface area (Å²) >= 11 is 0. The van der Waals surface area contributed by atoms with Crippen LogP contribution in [0.25, 0.3) is 0 Å². The lowest BCUT2D eigenvalue weighted by molar-refractivity contribution is -0.149. The van der Waals surface area contributed by atoms with E-state index in [1.54, 1.807) is 0 Å². The standard InChI is InChI=1S/C17H23NO5/c19-14-10-5-6-11(14)13-12(10)15(20)18(16(13)21)7-8-3-1-2-4-9(8)17(22)23/h8-14,19H,1-7H2,(H,22,23)/t8?,9?,10-,11+,12?,13?,14?. The number of carboxylic acids is 1. The van der Waals surface area contributed by atoms with Crippen molar-refractivity contribution in [3.8, 4) is 0 Å². The summed E-state index contributed by atoms with van der Waals surface area (Å²) in [4.78, 5) is 38.2. The van der Waals surface area contributed by atoms with Crippen molar-refractivity contribution >= 4 is 17.8 Å². The lowest BCUT2D eigenvalue weighted by Crippen LogP contribution is -2.42. The fourth-order valence-electron chi connectivity index (χ4n) is 5.67. The van der Waals surface area contributed by atoms with Gasteiger partial charge < -0.3 is 10.2 Å². The maximum absolute atomic E-state index is 12.7. The predicted octanol–water partition coefficient (Wildman–Crippen LogP) is 0.879. The summed E-state index contributed by atoms with van der Waals surface area (Å²) in [6.45, 7) is 0.247. The van der Waals surface area contributed by atoms with Gasteiger partial charge in [0, 0.05) is 6.54 Å². The Labute approximate surface area is 134 Å². The van der Waals surface area contributed by atoms with Crippen molar-refractivity contribution in [2.45, 2.75) is 44.6 Å². The van der Waals surface area contributed by atoms with E-state index >= 15 is 0 Å². The molecule has 4 fully saturated rings. The van der Waals surface area contributed by atoms with Crippen molar-refractivity contribution in [3.05, 3.63) is 0 Å². The number of nitrogens with zero attached hydrogens (tertiary/aromatic N) is 1. The Morgan fingerprint density at radius 2 is 1.57 bits per heavy atom. The number of hydrogen-bond donors (Lipinski definition) is 2. The van der Waals surface area contributed by atoms with Crippen LogP contribution in [-0.2, 0) is 14.4 Å². The lowest BCUT2D eigenvalue weighted by atomic mass is 9.79. The molecule has 3 saturated carbocycles. The van der Waals surface area contributed by atoms with Gasteiger partial charge in [-0.15, -0.1) is 0 Å². The number of hydrogen-bond acceptors (Lipinski definition) is 4. The van der Waals surface area contributed by atoms with Crippen LogP contribution in [0, 0.1) is 35.5 Å². The summed E-state index contributed by atoms with van der Waals surface area (Å²) in [5.74, 6) is -2.60. The Hall–Kier alpha value is -1.43. The van der Waals surface area contributed by atoms with Gasteiger partial charge in [-0.05, 0) is 43.4 Å². The first kappa shape index (κ1) is 15.1. The summed E-state index contributed by atoms with van der Waals surface area (Å²) in [6.07, 6.45) is 4.38. The van der Waals surface area contributed by atoms with E-state index in [-0.39, 0.29) is 47.9 Å². The van der Waals surface area contributed by atoms with E-state index < -0.39 is 18.0 Å². The van der Waals surface area contributed by atoms with Crippen LogP contribution in [-0.4, -0.2) is 45.5 Å². The summed E-state index contributed by atoms with van der Waals surface area (Å²) in [6, 6.07) is 0. The van der Waals surface area contributed by atoms with Gasteiger partial charge in [-0.25, -0.2) is 0 Å². The highest BCUT2D eigenvalue weighted by atomic mass is 16.4. The van der Waals surface area contributed by atoms with Crippen LogP contribution in [0.4, 0.5) is 0 Å². The minimum absolute atomic E-state index is 0.0759. The fourth-order valence-corrected chi connectivity index (χ4v) is 5.67. The summed E-state index contributed by atoms with van der Waals surface area (Å²) in [5.41, 5.74) is 0. The predicted molar refractivity (Wildman–Crippen MR) is 79.0 cm³/mol. The van der Waals surface area contributed by atoms with E-state index in [4.69, 9.17) is 0 Å². The van der Waals surface area contributed by atoms with Crippen LogP contribution in [0.5, 0.6) is 0 Å². The van der Waals surface area contributed by atoms with Crippen LogP contribution in [0.15, 0.2) is 0 Å². The van der Waals surface area contributed by atoms with Gasteiger partial charge in [0.2, 0.25) is 11.8 Å². The Morgan fingerprint density at radius 3 is 2.13 bits per heavy atom. The molecule has 1 aliphatic heterocycles. The average molecular weight is 321 g/mol. The molecule has 2 amide bonds. The molecule has 23 heavy (non-hydrogen) atoms. The maximum Gasteiger partial charge on any atom is 0.306 e. The molecule has 0 aromatic rings. The Kier molecular flexibility index (Phi) is 3.48. The zero-order valence-corrected chi connectivity index (χ0v) is 13.1. The molecule has 6 heteroatoms. The number of aliphatic hydroxyl groups excluding tert-OH is 1. The van der Waals surface area contributed by atoms with Gasteiger partial charge in [0.1, 0.15) is 0 Å². The third-order valence-corrected chi connectivity index (χ3v) is 6.77. The van der Waals surface area contributed by atoms with Crippen molar-refractivity contribution in [3.63, 3.8) is 0 Å². The molecule has 126 valence electrons. The second-order valence-electron chi connectivity index (χ2n) is 7.72. The first-order chi connectivity index (χ1) is 11.0. The van der Waals surface area contributed by atoms with Gasteiger partial charge in [0.25, 0.3) is 0 Å². The Morgan fingerprint density at radius 1 is 1.00 bits per heavy atom. The first-order valence-electron chi connectivity index (χ1n) is 8.76. The number of carboxylic acid groups (broad SMARTS) is 1. The van der Waals surface area contributed by atoms with E-state index in [1.807, 2.05) is 0 Å². The zero-order valence-electron chi connectivity index (χ0n) is 13.1. The highest BCUT2D eigenvalue weighted by molar-refractivity contribution is 6.06. The molecule has 3 aliphatic carbocycles. The molecule has 5 unspecified atom stereocenters. The highest BCUT2D eigenvalue weighted by Gasteiger charge is 2.65. The van der Waals surface area contributed by atoms with E-state index in [0.29, 0.717) is 6.42 Å². The molecule has 0 aromatic heterocycles. The molecule has 1 heterocycles. The van der Waals surface area contributed by atoms with E-state index in [9.17, 15) is 24.6 Å². The van der Waals surface area contributed by atoms with Gasteiger partial charge in [-0.3, -0.25) is 19.3 Å². The molecule has 0 spiro atoms. The second-order valence-corrected chi connectivity index (χ2v) is 7.72. The molecule has 7 atom stereocenters. The largest absolute Gasteiger partial charge is 0.481 e. The van der Waals surface area contributed by atoms with Crippen LogP contribution in [0.2, 0.25) is 0 Å². The number of fused-ring (bicyclic) bond motifs is 5. The highest BCUT2D eigenvalue weighted by Crippen LogP contribution is 2.56. The quantitative estimate of drug-likeness (QED) is 0.753. The first-order valence-corrected chi connectivity index (χ1v) is 8.76. The molecule has 4 rings (SSSR count). The summed E-state index contributed by atoms with van der Waals surface area (Å²) in [5, 5.41) is 19.6. The molecule has 6 nitrogen and oxygen atoms in total. The lowest BCUT2D eigenvalue weighted by Gasteiger charge is -2.31. The molecular formula is C17H23NO5. The van der Waals surface area contributed by atoms with Gasteiger partial charge in [0.05, 0.1) is 23.9 Å². The number of imide groups is 1. The number of aliphatic hydroxyl groups is 1. The number of rotatable bonds is 3.